The number of hydrogen-bond acceptors (Lipinski definition) is 4. The quantitative estimate of drug-likeness (QED) is 0.421. The molecule has 0 radical (unpaired) electrons. The van der Waals surface area contributed by atoms with Crippen molar-refractivity contribution in [1.82, 2.24) is 14.9 Å². The van der Waals surface area contributed by atoms with Gasteiger partial charge in [0, 0.05) is 12.6 Å². The maximum Gasteiger partial charge on any atom is 0.262 e. The third-order valence-corrected chi connectivity index (χ3v) is 5.10. The summed E-state index contributed by atoms with van der Waals surface area (Å²) in [7, 11) is 0. The van der Waals surface area contributed by atoms with Crippen LogP contribution < -0.4 is 10.9 Å². The third kappa shape index (κ3) is 5.33. The number of carbonyl (C=O) groups is 1. The Kier molecular flexibility index (Phi) is 7.50. The molecular weight excluding hydrogens is 334 g/mol. The van der Waals surface area contributed by atoms with Crippen LogP contribution in [-0.4, -0.2) is 27.3 Å². The standard InChI is InChI=1S/C19H27N3O2S/c1-4-6-7-10-14(3)20-17(23)13-25-19-21-16-12-9-8-11-15(16)18(24)22(19)5-2/h8-9,11-12,14H,4-7,10,13H2,1-3H3,(H,20,23)/t14-/m1/s1. The molecule has 0 unspecified atom stereocenters. The molecule has 1 N–H and O–H groups in total. The Labute approximate surface area is 153 Å². The zero-order valence-electron chi connectivity index (χ0n) is 15.2. The topological polar surface area (TPSA) is 64.0 Å². The SMILES string of the molecule is CCCCC[C@@H](C)NC(=O)CSc1nc2ccccc2c(=O)n1CC. The summed E-state index contributed by atoms with van der Waals surface area (Å²) < 4.78 is 1.63. The lowest BCUT2D eigenvalue weighted by atomic mass is 10.1. The van der Waals surface area contributed by atoms with Crippen LogP contribution in [0.25, 0.3) is 10.9 Å². The highest BCUT2D eigenvalue weighted by Crippen LogP contribution is 2.17. The molecule has 0 spiro atoms. The highest BCUT2D eigenvalue weighted by atomic mass is 32.2. The van der Waals surface area contributed by atoms with E-state index in [4.69, 9.17) is 0 Å². The van der Waals surface area contributed by atoms with Crippen molar-refractivity contribution in [3.63, 3.8) is 0 Å². The minimum atomic E-state index is -0.0519. The van der Waals surface area contributed by atoms with E-state index >= 15 is 0 Å². The van der Waals surface area contributed by atoms with E-state index in [1.54, 1.807) is 10.6 Å². The summed E-state index contributed by atoms with van der Waals surface area (Å²) in [5, 5.41) is 4.23. The number of benzene rings is 1. The Hall–Kier alpha value is -1.82. The molecule has 1 aromatic carbocycles. The van der Waals surface area contributed by atoms with Gasteiger partial charge < -0.3 is 5.32 Å². The molecule has 0 aliphatic heterocycles. The lowest BCUT2D eigenvalue weighted by Crippen LogP contribution is -2.34. The van der Waals surface area contributed by atoms with Gasteiger partial charge in [0.2, 0.25) is 5.91 Å². The van der Waals surface area contributed by atoms with E-state index in [0.29, 0.717) is 22.6 Å². The fraction of sp³-hybridized carbons (Fsp3) is 0.526. The van der Waals surface area contributed by atoms with E-state index in [-0.39, 0.29) is 23.3 Å². The monoisotopic (exact) mass is 361 g/mol. The van der Waals surface area contributed by atoms with Crippen LogP contribution in [0.1, 0.15) is 46.5 Å². The second kappa shape index (κ2) is 9.61. The first-order valence-corrected chi connectivity index (χ1v) is 9.97. The summed E-state index contributed by atoms with van der Waals surface area (Å²) in [6, 6.07) is 7.50. The Balaban J connectivity index is 2.02. The molecule has 0 saturated carbocycles. The van der Waals surface area contributed by atoms with Crippen molar-refractivity contribution in [1.29, 1.82) is 0 Å². The number of aromatic nitrogens is 2. The van der Waals surface area contributed by atoms with Gasteiger partial charge in [-0.25, -0.2) is 4.98 Å². The number of para-hydroxylation sites is 1. The summed E-state index contributed by atoms with van der Waals surface area (Å²) >= 11 is 1.32. The molecule has 5 nitrogen and oxygen atoms in total. The van der Waals surface area contributed by atoms with Gasteiger partial charge in [-0.3, -0.25) is 14.2 Å². The third-order valence-electron chi connectivity index (χ3n) is 4.12. The van der Waals surface area contributed by atoms with Gasteiger partial charge in [0.25, 0.3) is 5.56 Å². The average Bonchev–Trinajstić information content (AvgIpc) is 2.60. The highest BCUT2D eigenvalue weighted by Gasteiger charge is 2.13. The van der Waals surface area contributed by atoms with Gasteiger partial charge in [-0.1, -0.05) is 50.1 Å². The van der Waals surface area contributed by atoms with Crippen molar-refractivity contribution in [2.45, 2.75) is 64.2 Å². The first-order valence-electron chi connectivity index (χ1n) is 8.98. The van der Waals surface area contributed by atoms with Crippen LogP contribution in [0.15, 0.2) is 34.2 Å². The van der Waals surface area contributed by atoms with Crippen molar-refractivity contribution in [3.8, 4) is 0 Å². The van der Waals surface area contributed by atoms with Crippen molar-refractivity contribution in [2.75, 3.05) is 5.75 Å². The van der Waals surface area contributed by atoms with Gasteiger partial charge in [-0.2, -0.15) is 0 Å². The summed E-state index contributed by atoms with van der Waals surface area (Å²) in [6.07, 6.45) is 4.50. The number of amides is 1. The molecule has 0 aliphatic rings. The maximum atomic E-state index is 12.6. The lowest BCUT2D eigenvalue weighted by molar-refractivity contribution is -0.119. The van der Waals surface area contributed by atoms with Crippen molar-refractivity contribution >= 4 is 28.6 Å². The fourth-order valence-electron chi connectivity index (χ4n) is 2.76. The van der Waals surface area contributed by atoms with E-state index in [2.05, 4.69) is 17.2 Å². The Bertz CT molecular complexity index is 773. The Morgan fingerprint density at radius 2 is 2.04 bits per heavy atom. The normalized spacial score (nSPS) is 12.3. The van der Waals surface area contributed by atoms with Crippen LogP contribution in [0.2, 0.25) is 0 Å². The lowest BCUT2D eigenvalue weighted by Gasteiger charge is -2.14. The summed E-state index contributed by atoms with van der Waals surface area (Å²) in [5.74, 6) is 0.252. The number of nitrogens with one attached hydrogen (secondary N) is 1. The smallest absolute Gasteiger partial charge is 0.262 e. The maximum absolute atomic E-state index is 12.6. The molecule has 136 valence electrons. The minimum absolute atomic E-state index is 0.0148. The minimum Gasteiger partial charge on any atom is -0.353 e. The van der Waals surface area contributed by atoms with Crippen molar-refractivity contribution < 1.29 is 4.79 Å². The van der Waals surface area contributed by atoms with Gasteiger partial charge in [0.05, 0.1) is 16.7 Å². The van der Waals surface area contributed by atoms with Crippen molar-refractivity contribution in [3.05, 3.63) is 34.6 Å². The number of fused-ring (bicyclic) bond motifs is 1. The van der Waals surface area contributed by atoms with Gasteiger partial charge in [0.15, 0.2) is 5.16 Å². The molecule has 0 fully saturated rings. The first-order chi connectivity index (χ1) is 12.1. The van der Waals surface area contributed by atoms with E-state index in [9.17, 15) is 9.59 Å². The molecule has 2 aromatic rings. The zero-order chi connectivity index (χ0) is 18.2. The molecule has 25 heavy (non-hydrogen) atoms. The molecule has 1 heterocycles. The molecule has 6 heteroatoms. The van der Waals surface area contributed by atoms with Crippen LogP contribution in [0.3, 0.4) is 0 Å². The highest BCUT2D eigenvalue weighted by molar-refractivity contribution is 7.99. The van der Waals surface area contributed by atoms with E-state index < -0.39 is 0 Å². The Morgan fingerprint density at radius 3 is 2.76 bits per heavy atom. The Morgan fingerprint density at radius 1 is 1.28 bits per heavy atom. The number of thioether (sulfide) groups is 1. The predicted octanol–water partition coefficient (Wildman–Crippen LogP) is 3.59. The van der Waals surface area contributed by atoms with E-state index in [0.717, 1.165) is 12.8 Å². The van der Waals surface area contributed by atoms with Crippen LogP contribution in [0.4, 0.5) is 0 Å². The number of rotatable bonds is 9. The molecule has 0 aliphatic carbocycles. The van der Waals surface area contributed by atoms with Gasteiger partial charge in [-0.05, 0) is 32.4 Å². The predicted molar refractivity (Wildman–Crippen MR) is 104 cm³/mol. The second-order valence-corrected chi connectivity index (χ2v) is 7.16. The van der Waals surface area contributed by atoms with Crippen LogP contribution >= 0.6 is 11.8 Å². The average molecular weight is 362 g/mol. The molecular formula is C19H27N3O2S. The fourth-order valence-corrected chi connectivity index (χ4v) is 3.63. The van der Waals surface area contributed by atoms with Crippen LogP contribution in [0.5, 0.6) is 0 Å². The molecule has 1 aromatic heterocycles. The van der Waals surface area contributed by atoms with Crippen molar-refractivity contribution in [2.24, 2.45) is 0 Å². The molecule has 0 saturated heterocycles. The number of hydrogen-bond donors (Lipinski definition) is 1. The summed E-state index contributed by atoms with van der Waals surface area (Å²) in [4.78, 5) is 29.3. The van der Waals surface area contributed by atoms with Gasteiger partial charge in [0.1, 0.15) is 0 Å². The number of nitrogens with zero attached hydrogens (tertiary/aromatic N) is 2. The van der Waals surface area contributed by atoms with E-state index in [1.807, 2.05) is 32.0 Å². The first kappa shape index (κ1) is 19.5. The summed E-state index contributed by atoms with van der Waals surface area (Å²) in [6.45, 7) is 6.66. The van der Waals surface area contributed by atoms with Crippen LogP contribution in [0, 0.1) is 0 Å². The second-order valence-electron chi connectivity index (χ2n) is 6.21. The van der Waals surface area contributed by atoms with Crippen LogP contribution in [-0.2, 0) is 11.3 Å². The molecule has 0 bridgehead atoms. The van der Waals surface area contributed by atoms with E-state index in [1.165, 1.54) is 24.6 Å². The molecule has 1 atom stereocenters. The largest absolute Gasteiger partial charge is 0.353 e. The van der Waals surface area contributed by atoms with Gasteiger partial charge in [-0.15, -0.1) is 0 Å². The van der Waals surface area contributed by atoms with Gasteiger partial charge >= 0.3 is 0 Å². The molecule has 2 rings (SSSR count). The zero-order valence-corrected chi connectivity index (χ0v) is 16.1. The molecule has 1 amide bonds. The number of carbonyl (C=O) groups excluding carboxylic acids is 1. The number of unbranched alkanes of at least 4 members (excludes halogenated alkanes) is 2. The summed E-state index contributed by atoms with van der Waals surface area (Å²) in [5.41, 5.74) is 0.622.